The zero-order chi connectivity index (χ0) is 16.4. The minimum absolute atomic E-state index is 0.300. The van der Waals surface area contributed by atoms with Crippen LogP contribution >= 0.6 is 0 Å². The SMILES string of the molecule is COC(=O)N1CCCN(S(=O)(=O)c2ccc3c(c2)CCC3)CC1. The zero-order valence-electron chi connectivity index (χ0n) is 13.3. The largest absolute Gasteiger partial charge is 0.453 e. The number of carbonyl (C=O) groups is 1. The van der Waals surface area contributed by atoms with E-state index in [9.17, 15) is 13.2 Å². The van der Waals surface area contributed by atoms with Crippen molar-refractivity contribution in [1.29, 1.82) is 0 Å². The Morgan fingerprint density at radius 3 is 2.61 bits per heavy atom. The van der Waals surface area contributed by atoms with Crippen LogP contribution in [0.5, 0.6) is 0 Å². The van der Waals surface area contributed by atoms with Gasteiger partial charge < -0.3 is 9.64 Å². The molecule has 0 bridgehead atoms. The van der Waals surface area contributed by atoms with Crippen LogP contribution in [-0.2, 0) is 27.6 Å². The fourth-order valence-electron chi connectivity index (χ4n) is 3.30. The van der Waals surface area contributed by atoms with E-state index in [0.717, 1.165) is 24.8 Å². The number of carbonyl (C=O) groups excluding carboxylic acids is 1. The molecule has 1 aromatic rings. The quantitative estimate of drug-likeness (QED) is 0.822. The number of ether oxygens (including phenoxy) is 1. The van der Waals surface area contributed by atoms with E-state index in [2.05, 4.69) is 0 Å². The summed E-state index contributed by atoms with van der Waals surface area (Å²) in [7, 11) is -2.17. The average Bonchev–Trinajstić information content (AvgIpc) is 2.87. The number of hydrogen-bond donors (Lipinski definition) is 0. The van der Waals surface area contributed by atoms with Crippen LogP contribution in [0.25, 0.3) is 0 Å². The maximum atomic E-state index is 12.9. The van der Waals surface area contributed by atoms with Crippen LogP contribution in [-0.4, -0.2) is 57.0 Å². The number of benzene rings is 1. The lowest BCUT2D eigenvalue weighted by atomic mass is 10.1. The van der Waals surface area contributed by atoms with Gasteiger partial charge in [-0.05, 0) is 48.9 Å². The van der Waals surface area contributed by atoms with Gasteiger partial charge in [0.2, 0.25) is 10.0 Å². The number of hydrogen-bond acceptors (Lipinski definition) is 4. The number of nitrogens with zero attached hydrogens (tertiary/aromatic N) is 2. The third-order valence-electron chi connectivity index (χ3n) is 4.60. The number of rotatable bonds is 2. The third-order valence-corrected chi connectivity index (χ3v) is 6.49. The zero-order valence-corrected chi connectivity index (χ0v) is 14.1. The molecule has 0 atom stereocenters. The Hall–Kier alpha value is -1.60. The normalized spacial score (nSPS) is 19.3. The van der Waals surface area contributed by atoms with Gasteiger partial charge in [0.1, 0.15) is 0 Å². The fraction of sp³-hybridized carbons (Fsp3) is 0.562. The molecule has 1 amide bonds. The van der Waals surface area contributed by atoms with Crippen LogP contribution in [0.2, 0.25) is 0 Å². The van der Waals surface area contributed by atoms with Crippen LogP contribution in [0.1, 0.15) is 24.0 Å². The highest BCUT2D eigenvalue weighted by Crippen LogP contribution is 2.26. The predicted octanol–water partition coefficient (Wildman–Crippen LogP) is 1.64. The fourth-order valence-corrected chi connectivity index (χ4v) is 4.82. The Labute approximate surface area is 137 Å². The highest BCUT2D eigenvalue weighted by Gasteiger charge is 2.29. The molecular weight excluding hydrogens is 316 g/mol. The average molecular weight is 338 g/mol. The van der Waals surface area contributed by atoms with Gasteiger partial charge in [0.15, 0.2) is 0 Å². The molecule has 0 N–H and O–H groups in total. The van der Waals surface area contributed by atoms with Crippen molar-refractivity contribution >= 4 is 16.1 Å². The van der Waals surface area contributed by atoms with E-state index in [1.54, 1.807) is 11.0 Å². The van der Waals surface area contributed by atoms with Crippen LogP contribution < -0.4 is 0 Å². The van der Waals surface area contributed by atoms with E-state index >= 15 is 0 Å². The first-order valence-electron chi connectivity index (χ1n) is 7.97. The van der Waals surface area contributed by atoms with Crippen LogP contribution in [0.4, 0.5) is 4.79 Å². The van der Waals surface area contributed by atoms with Gasteiger partial charge in [0, 0.05) is 26.2 Å². The van der Waals surface area contributed by atoms with Gasteiger partial charge in [-0.2, -0.15) is 4.31 Å². The molecule has 1 aliphatic heterocycles. The first-order valence-corrected chi connectivity index (χ1v) is 9.41. The highest BCUT2D eigenvalue weighted by molar-refractivity contribution is 7.89. The lowest BCUT2D eigenvalue weighted by Crippen LogP contribution is -2.37. The van der Waals surface area contributed by atoms with Gasteiger partial charge in [-0.15, -0.1) is 0 Å². The molecule has 126 valence electrons. The van der Waals surface area contributed by atoms with Gasteiger partial charge in [-0.3, -0.25) is 0 Å². The van der Waals surface area contributed by atoms with Crippen LogP contribution in [0.3, 0.4) is 0 Å². The molecule has 2 aliphatic rings. The van der Waals surface area contributed by atoms with Crippen molar-refractivity contribution < 1.29 is 17.9 Å². The Bertz CT molecular complexity index is 702. The number of sulfonamides is 1. The van der Waals surface area contributed by atoms with E-state index in [-0.39, 0.29) is 0 Å². The second-order valence-corrected chi connectivity index (χ2v) is 7.94. The minimum atomic E-state index is -3.51. The summed E-state index contributed by atoms with van der Waals surface area (Å²) in [5.74, 6) is 0. The topological polar surface area (TPSA) is 66.9 Å². The molecule has 0 spiro atoms. The van der Waals surface area contributed by atoms with Gasteiger partial charge >= 0.3 is 6.09 Å². The summed E-state index contributed by atoms with van der Waals surface area (Å²) in [6.07, 6.45) is 3.29. The molecule has 1 aliphatic carbocycles. The van der Waals surface area contributed by atoms with Gasteiger partial charge in [0.05, 0.1) is 12.0 Å². The number of aryl methyl sites for hydroxylation is 2. The second kappa shape index (κ2) is 6.49. The first kappa shape index (κ1) is 16.3. The van der Waals surface area contributed by atoms with Crippen LogP contribution in [0, 0.1) is 0 Å². The monoisotopic (exact) mass is 338 g/mol. The van der Waals surface area contributed by atoms with Crippen molar-refractivity contribution in [3.63, 3.8) is 0 Å². The lowest BCUT2D eigenvalue weighted by Gasteiger charge is -2.21. The van der Waals surface area contributed by atoms with E-state index in [1.165, 1.54) is 17.0 Å². The number of methoxy groups -OCH3 is 1. The molecule has 1 heterocycles. The predicted molar refractivity (Wildman–Crippen MR) is 85.8 cm³/mol. The molecule has 1 saturated heterocycles. The van der Waals surface area contributed by atoms with E-state index in [1.807, 2.05) is 12.1 Å². The summed E-state index contributed by atoms with van der Waals surface area (Å²) in [5.41, 5.74) is 2.41. The van der Waals surface area contributed by atoms with E-state index < -0.39 is 16.1 Å². The van der Waals surface area contributed by atoms with Crippen LogP contribution in [0.15, 0.2) is 23.1 Å². The van der Waals surface area contributed by atoms with Crippen molar-refractivity contribution in [2.24, 2.45) is 0 Å². The molecule has 1 fully saturated rings. The maximum absolute atomic E-state index is 12.9. The Morgan fingerprint density at radius 1 is 1.04 bits per heavy atom. The molecule has 0 radical (unpaired) electrons. The first-order chi connectivity index (χ1) is 11.0. The van der Waals surface area contributed by atoms with E-state index in [4.69, 9.17) is 4.74 Å². The highest BCUT2D eigenvalue weighted by atomic mass is 32.2. The Balaban J connectivity index is 1.78. The summed E-state index contributed by atoms with van der Waals surface area (Å²) >= 11 is 0. The molecule has 23 heavy (non-hydrogen) atoms. The standard InChI is InChI=1S/C16H22N2O4S/c1-22-16(19)17-8-3-9-18(11-10-17)23(20,21)15-7-6-13-4-2-5-14(13)12-15/h6-7,12H,2-5,8-11H2,1H3. The minimum Gasteiger partial charge on any atom is -0.453 e. The molecule has 0 aromatic heterocycles. The summed E-state index contributed by atoms with van der Waals surface area (Å²) in [6, 6.07) is 5.47. The molecule has 0 saturated carbocycles. The Kier molecular flexibility index (Phi) is 4.59. The molecule has 6 nitrogen and oxygen atoms in total. The molecule has 0 unspecified atom stereocenters. The summed E-state index contributed by atoms with van der Waals surface area (Å²) in [4.78, 5) is 13.5. The Morgan fingerprint density at radius 2 is 1.83 bits per heavy atom. The van der Waals surface area contributed by atoms with Gasteiger partial charge in [0.25, 0.3) is 0 Å². The maximum Gasteiger partial charge on any atom is 0.409 e. The lowest BCUT2D eigenvalue weighted by molar-refractivity contribution is 0.126. The smallest absolute Gasteiger partial charge is 0.409 e. The van der Waals surface area contributed by atoms with E-state index in [0.29, 0.717) is 37.5 Å². The van der Waals surface area contributed by atoms with Crippen molar-refractivity contribution in [1.82, 2.24) is 9.21 Å². The van der Waals surface area contributed by atoms with Crippen molar-refractivity contribution in [3.05, 3.63) is 29.3 Å². The summed E-state index contributed by atoms with van der Waals surface area (Å²) in [6.45, 7) is 1.60. The molecule has 3 rings (SSSR count). The third kappa shape index (κ3) is 3.21. The molecular formula is C16H22N2O4S. The second-order valence-electron chi connectivity index (χ2n) is 6.00. The molecule has 7 heteroatoms. The van der Waals surface area contributed by atoms with Gasteiger partial charge in [-0.25, -0.2) is 13.2 Å². The number of amides is 1. The van der Waals surface area contributed by atoms with Crippen molar-refractivity contribution in [3.8, 4) is 0 Å². The number of fused-ring (bicyclic) bond motifs is 1. The molecule has 1 aromatic carbocycles. The van der Waals surface area contributed by atoms with Crippen molar-refractivity contribution in [2.75, 3.05) is 33.3 Å². The summed E-state index contributed by atoms with van der Waals surface area (Å²) < 4.78 is 32.0. The summed E-state index contributed by atoms with van der Waals surface area (Å²) in [5, 5.41) is 0. The van der Waals surface area contributed by atoms with Gasteiger partial charge in [-0.1, -0.05) is 6.07 Å². The van der Waals surface area contributed by atoms with Crippen molar-refractivity contribution in [2.45, 2.75) is 30.6 Å².